The minimum Gasteiger partial charge on any atom is -0.488 e. The van der Waals surface area contributed by atoms with Gasteiger partial charge in [-0.15, -0.1) is 0 Å². The van der Waals surface area contributed by atoms with Gasteiger partial charge in [-0.1, -0.05) is 0 Å². The van der Waals surface area contributed by atoms with Crippen LogP contribution in [-0.2, 0) is 23.0 Å². The van der Waals surface area contributed by atoms with Crippen LogP contribution in [-0.4, -0.2) is 42.7 Å². The Labute approximate surface area is 185 Å². The number of methoxy groups -OCH3 is 1. The Hall–Kier alpha value is -3.19. The molecule has 1 fully saturated rings. The second-order valence-corrected chi connectivity index (χ2v) is 8.90. The lowest BCUT2D eigenvalue weighted by Gasteiger charge is -2.23. The lowest BCUT2D eigenvalue weighted by Crippen LogP contribution is -2.39. The molecule has 1 amide bonds. The number of aryl methyl sites for hydroxylation is 1. The summed E-state index contributed by atoms with van der Waals surface area (Å²) in [6.07, 6.45) is 5.78. The number of aromatic nitrogens is 2. The monoisotopic (exact) mass is 433 g/mol. The van der Waals surface area contributed by atoms with E-state index in [4.69, 9.17) is 9.47 Å². The molecule has 3 aromatic rings. The fourth-order valence-corrected chi connectivity index (χ4v) is 5.01. The van der Waals surface area contributed by atoms with Crippen molar-refractivity contribution >= 4 is 5.91 Å². The molecule has 1 saturated carbocycles. The van der Waals surface area contributed by atoms with E-state index in [0.29, 0.717) is 13.2 Å². The number of ether oxygens (including phenoxy) is 2. The minimum atomic E-state index is -0.414. The number of nitrogens with one attached hydrogen (secondary N) is 2. The van der Waals surface area contributed by atoms with E-state index < -0.39 is 5.82 Å². The van der Waals surface area contributed by atoms with Crippen molar-refractivity contribution in [2.75, 3.05) is 26.9 Å². The molecule has 164 valence electrons. The average molecular weight is 433 g/mol. The van der Waals surface area contributed by atoms with Crippen molar-refractivity contribution in [3.63, 3.8) is 0 Å². The van der Waals surface area contributed by atoms with E-state index in [0.717, 1.165) is 70.6 Å². The number of nitrogens with zero attached hydrogens (tertiary/aromatic N) is 1. The summed E-state index contributed by atoms with van der Waals surface area (Å²) in [6, 6.07) is 6.83. The molecule has 0 unspecified atom stereocenters. The number of benzene rings is 1. The standard InChI is InChI=1S/C25H24FN3O3/c1-31-8-9-32-20-10-14(3-5-18(20)26)19-11-17-15(12-27-19)2-4-16-21-23(29-22(16)17)25(6-7-25)13-28-24(21)30/h3,5,10-12,29H,2,4,6-9,13H2,1H3,(H,28,30). The zero-order chi connectivity index (χ0) is 21.9. The summed E-state index contributed by atoms with van der Waals surface area (Å²) in [4.78, 5) is 21.0. The number of aromatic amines is 1. The lowest BCUT2D eigenvalue weighted by atomic mass is 9.86. The molecule has 1 spiro atoms. The van der Waals surface area contributed by atoms with Gasteiger partial charge in [-0.3, -0.25) is 9.78 Å². The number of fused-ring (bicyclic) bond motifs is 6. The highest BCUT2D eigenvalue weighted by Crippen LogP contribution is 2.52. The van der Waals surface area contributed by atoms with E-state index in [-0.39, 0.29) is 23.7 Å². The van der Waals surface area contributed by atoms with Crippen LogP contribution in [0.3, 0.4) is 0 Å². The predicted molar refractivity (Wildman–Crippen MR) is 117 cm³/mol. The van der Waals surface area contributed by atoms with Gasteiger partial charge >= 0.3 is 0 Å². The first kappa shape index (κ1) is 19.5. The van der Waals surface area contributed by atoms with Gasteiger partial charge in [0.2, 0.25) is 0 Å². The lowest BCUT2D eigenvalue weighted by molar-refractivity contribution is 0.0936. The predicted octanol–water partition coefficient (Wildman–Crippen LogP) is 3.78. The zero-order valence-corrected chi connectivity index (χ0v) is 17.9. The number of carbonyl (C=O) groups is 1. The number of H-pyrrole nitrogens is 1. The molecule has 0 radical (unpaired) electrons. The van der Waals surface area contributed by atoms with Gasteiger partial charge in [-0.05, 0) is 61.1 Å². The zero-order valence-electron chi connectivity index (χ0n) is 17.9. The van der Waals surface area contributed by atoms with E-state index in [1.807, 2.05) is 12.3 Å². The molecule has 6 nitrogen and oxygen atoms in total. The largest absolute Gasteiger partial charge is 0.488 e. The van der Waals surface area contributed by atoms with Gasteiger partial charge in [-0.2, -0.15) is 0 Å². The van der Waals surface area contributed by atoms with Crippen molar-refractivity contribution in [3.05, 3.63) is 58.7 Å². The molecule has 2 N–H and O–H groups in total. The van der Waals surface area contributed by atoms with Crippen LogP contribution in [0.25, 0.3) is 22.5 Å². The molecule has 2 aliphatic carbocycles. The summed E-state index contributed by atoms with van der Waals surface area (Å²) < 4.78 is 24.7. The van der Waals surface area contributed by atoms with Crippen LogP contribution in [0.5, 0.6) is 5.75 Å². The van der Waals surface area contributed by atoms with Crippen LogP contribution in [0.4, 0.5) is 4.39 Å². The Morgan fingerprint density at radius 1 is 1.19 bits per heavy atom. The summed E-state index contributed by atoms with van der Waals surface area (Å²) in [5.41, 5.74) is 7.92. The first-order valence-corrected chi connectivity index (χ1v) is 11.0. The Morgan fingerprint density at radius 2 is 2.06 bits per heavy atom. The molecular formula is C25H24FN3O3. The number of rotatable bonds is 5. The van der Waals surface area contributed by atoms with Crippen LogP contribution in [0, 0.1) is 5.82 Å². The Bertz CT molecular complexity index is 1250. The fourth-order valence-electron chi connectivity index (χ4n) is 5.01. The molecule has 32 heavy (non-hydrogen) atoms. The second kappa shape index (κ2) is 7.17. The SMILES string of the molecule is COCCOc1cc(-c2cc3c(cn2)CCc2c-3[nH]c3c2C(=O)NCC32CC2)ccc1F. The Balaban J connectivity index is 1.41. The van der Waals surface area contributed by atoms with E-state index in [2.05, 4.69) is 15.3 Å². The van der Waals surface area contributed by atoms with E-state index >= 15 is 0 Å². The summed E-state index contributed by atoms with van der Waals surface area (Å²) in [7, 11) is 1.58. The highest BCUT2D eigenvalue weighted by atomic mass is 19.1. The van der Waals surface area contributed by atoms with Crippen LogP contribution in [0.2, 0.25) is 0 Å². The molecule has 3 aliphatic rings. The van der Waals surface area contributed by atoms with Crippen LogP contribution in [0.1, 0.15) is 40.0 Å². The Kier molecular flexibility index (Phi) is 4.37. The number of pyridine rings is 1. The molecule has 7 heteroatoms. The average Bonchev–Trinajstić information content (AvgIpc) is 3.47. The molecule has 6 rings (SSSR count). The highest BCUT2D eigenvalue weighted by Gasteiger charge is 2.51. The summed E-state index contributed by atoms with van der Waals surface area (Å²) in [6.45, 7) is 1.37. The van der Waals surface area contributed by atoms with Gasteiger partial charge in [0.1, 0.15) is 6.61 Å². The van der Waals surface area contributed by atoms with Crippen LogP contribution < -0.4 is 10.1 Å². The number of halogens is 1. The van der Waals surface area contributed by atoms with Gasteiger partial charge in [0, 0.05) is 42.1 Å². The number of carbonyl (C=O) groups excluding carboxylic acids is 1. The molecule has 1 aromatic carbocycles. The fraction of sp³-hybridized carbons (Fsp3) is 0.360. The van der Waals surface area contributed by atoms with Gasteiger partial charge in [0.15, 0.2) is 11.6 Å². The van der Waals surface area contributed by atoms with Gasteiger partial charge < -0.3 is 19.8 Å². The van der Waals surface area contributed by atoms with Gasteiger partial charge in [0.25, 0.3) is 5.91 Å². The summed E-state index contributed by atoms with van der Waals surface area (Å²) in [5, 5.41) is 3.09. The van der Waals surface area contributed by atoms with Crippen molar-refractivity contribution in [3.8, 4) is 28.3 Å². The topological polar surface area (TPSA) is 76.2 Å². The van der Waals surface area contributed by atoms with Crippen molar-refractivity contribution in [1.82, 2.24) is 15.3 Å². The van der Waals surface area contributed by atoms with E-state index in [1.54, 1.807) is 19.2 Å². The summed E-state index contributed by atoms with van der Waals surface area (Å²) >= 11 is 0. The number of hydrogen-bond donors (Lipinski definition) is 2. The van der Waals surface area contributed by atoms with Crippen molar-refractivity contribution < 1.29 is 18.7 Å². The molecular weight excluding hydrogens is 409 g/mol. The quantitative estimate of drug-likeness (QED) is 0.601. The molecule has 0 saturated heterocycles. The smallest absolute Gasteiger partial charge is 0.253 e. The van der Waals surface area contributed by atoms with Crippen molar-refractivity contribution in [2.45, 2.75) is 31.1 Å². The van der Waals surface area contributed by atoms with Gasteiger partial charge in [0.05, 0.1) is 23.6 Å². The highest BCUT2D eigenvalue weighted by molar-refractivity contribution is 6.01. The maximum Gasteiger partial charge on any atom is 0.253 e. The Morgan fingerprint density at radius 3 is 2.88 bits per heavy atom. The number of amides is 1. The van der Waals surface area contributed by atoms with E-state index in [9.17, 15) is 9.18 Å². The van der Waals surface area contributed by atoms with Crippen LogP contribution >= 0.6 is 0 Å². The first-order valence-electron chi connectivity index (χ1n) is 11.0. The first-order chi connectivity index (χ1) is 15.6. The molecule has 3 heterocycles. The third kappa shape index (κ3) is 2.95. The van der Waals surface area contributed by atoms with Crippen LogP contribution in [0.15, 0.2) is 30.5 Å². The second-order valence-electron chi connectivity index (χ2n) is 8.90. The van der Waals surface area contributed by atoms with E-state index in [1.165, 1.54) is 6.07 Å². The third-order valence-electron chi connectivity index (χ3n) is 6.97. The molecule has 0 atom stereocenters. The third-order valence-corrected chi connectivity index (χ3v) is 6.97. The van der Waals surface area contributed by atoms with Gasteiger partial charge in [-0.25, -0.2) is 4.39 Å². The minimum absolute atomic E-state index is 0.0316. The summed E-state index contributed by atoms with van der Waals surface area (Å²) in [5.74, 6) is -0.200. The van der Waals surface area contributed by atoms with Crippen molar-refractivity contribution in [1.29, 1.82) is 0 Å². The molecule has 1 aliphatic heterocycles. The molecule has 0 bridgehead atoms. The number of hydrogen-bond acceptors (Lipinski definition) is 4. The maximum absolute atomic E-state index is 14.2. The maximum atomic E-state index is 14.2. The van der Waals surface area contributed by atoms with Crippen molar-refractivity contribution in [2.24, 2.45) is 0 Å². The molecule has 2 aromatic heterocycles. The normalized spacial score (nSPS) is 17.4.